The maximum atomic E-state index is 11.6. The van der Waals surface area contributed by atoms with Crippen LogP contribution >= 0.6 is 0 Å². The number of nitrogens with two attached hydrogens (primary N) is 6. The molecule has 5 unspecified atom stereocenters. The Morgan fingerprint density at radius 3 is 1.54 bits per heavy atom. The van der Waals surface area contributed by atoms with Crippen molar-refractivity contribution >= 4 is 5.97 Å². The van der Waals surface area contributed by atoms with Crippen molar-refractivity contribution in [1.29, 1.82) is 0 Å². The molecule has 0 aromatic rings. The summed E-state index contributed by atoms with van der Waals surface area (Å²) in [4.78, 5) is 11.6. The van der Waals surface area contributed by atoms with Gasteiger partial charge in [-0.1, -0.05) is 0 Å². The van der Waals surface area contributed by atoms with Gasteiger partial charge in [0, 0.05) is 25.2 Å². The molecule has 1 saturated carbocycles. The van der Waals surface area contributed by atoms with Crippen LogP contribution in [0.2, 0.25) is 0 Å². The summed E-state index contributed by atoms with van der Waals surface area (Å²) in [7, 11) is 0. The van der Waals surface area contributed by atoms with Crippen LogP contribution in [0.5, 0.6) is 0 Å². The van der Waals surface area contributed by atoms with Gasteiger partial charge in [-0.3, -0.25) is 0 Å². The van der Waals surface area contributed by atoms with Gasteiger partial charge in [-0.15, -0.1) is 0 Å². The molecular weight excluding hydrogens is 736 g/mol. The molecule has 1 aliphatic carbocycles. The monoisotopic (exact) mass is 790 g/mol. The fourth-order valence-corrected chi connectivity index (χ4v) is 7.11. The van der Waals surface area contributed by atoms with Gasteiger partial charge < -0.3 is 123 Å². The third-order valence-electron chi connectivity index (χ3n) is 10.4. The van der Waals surface area contributed by atoms with Crippen LogP contribution in [0.15, 0.2) is 0 Å². The molecular formula is C29H54N6O19. The van der Waals surface area contributed by atoms with Crippen LogP contribution in [0, 0.1) is 0 Å². The molecule has 5 aliphatic rings. The third kappa shape index (κ3) is 8.68. The van der Waals surface area contributed by atoms with Gasteiger partial charge in [0.1, 0.15) is 85.5 Å². The van der Waals surface area contributed by atoms with Crippen LogP contribution in [-0.4, -0.2) is 224 Å². The van der Waals surface area contributed by atoms with E-state index in [4.69, 9.17) is 72.3 Å². The van der Waals surface area contributed by atoms with E-state index in [1.54, 1.807) is 0 Å². The molecule has 0 bridgehead atoms. The summed E-state index contributed by atoms with van der Waals surface area (Å²) in [5.41, 5.74) is 36.1. The molecule has 5 fully saturated rings. The van der Waals surface area contributed by atoms with E-state index in [9.17, 15) is 55.9 Å². The van der Waals surface area contributed by atoms with Crippen molar-refractivity contribution in [3.05, 3.63) is 0 Å². The molecule has 25 nitrogen and oxygen atoms in total. The first-order valence-corrected chi connectivity index (χ1v) is 17.4. The second-order valence-corrected chi connectivity index (χ2v) is 14.1. The number of hydrogen-bond acceptors (Lipinski definition) is 24. The highest BCUT2D eigenvalue weighted by atomic mass is 16.8. The molecule has 5 rings (SSSR count). The Morgan fingerprint density at radius 2 is 1.02 bits per heavy atom. The van der Waals surface area contributed by atoms with Crippen molar-refractivity contribution in [2.24, 2.45) is 34.4 Å². The summed E-state index contributed by atoms with van der Waals surface area (Å²) < 4.78 is 46.1. The number of carboxylic acid groups (broad SMARTS) is 1. The molecule has 54 heavy (non-hydrogen) atoms. The van der Waals surface area contributed by atoms with Gasteiger partial charge in [-0.25, -0.2) is 4.79 Å². The Bertz CT molecular complexity index is 1230. The zero-order valence-electron chi connectivity index (χ0n) is 28.8. The summed E-state index contributed by atoms with van der Waals surface area (Å²) in [6.07, 6.45) is -32.2. The summed E-state index contributed by atoms with van der Waals surface area (Å²) in [5.74, 6) is -1.68. The number of aliphatic carboxylic acids is 1. The zero-order chi connectivity index (χ0) is 39.9. The Kier molecular flexibility index (Phi) is 14.6. The van der Waals surface area contributed by atoms with E-state index in [0.717, 1.165) is 0 Å². The quantitative estimate of drug-likeness (QED) is 0.0872. The maximum absolute atomic E-state index is 11.6. The minimum absolute atomic E-state index is 0.00950. The first-order chi connectivity index (χ1) is 25.4. The highest BCUT2D eigenvalue weighted by Crippen LogP contribution is 2.35. The zero-order valence-corrected chi connectivity index (χ0v) is 28.8. The van der Waals surface area contributed by atoms with Gasteiger partial charge in [0.15, 0.2) is 31.3 Å². The molecule has 22 N–H and O–H groups in total. The van der Waals surface area contributed by atoms with Crippen molar-refractivity contribution in [1.82, 2.24) is 0 Å². The van der Waals surface area contributed by atoms with Crippen molar-refractivity contribution in [2.75, 3.05) is 19.7 Å². The lowest BCUT2D eigenvalue weighted by molar-refractivity contribution is -0.311. The van der Waals surface area contributed by atoms with Crippen LogP contribution in [0.25, 0.3) is 0 Å². The lowest BCUT2D eigenvalue weighted by atomic mass is 9.84. The van der Waals surface area contributed by atoms with E-state index in [1.165, 1.54) is 0 Å². The van der Waals surface area contributed by atoms with Crippen LogP contribution in [-0.2, 0) is 42.7 Å². The smallest absolute Gasteiger partial charge is 0.335 e. The largest absolute Gasteiger partial charge is 0.479 e. The minimum Gasteiger partial charge on any atom is -0.479 e. The third-order valence-corrected chi connectivity index (χ3v) is 10.4. The van der Waals surface area contributed by atoms with E-state index >= 15 is 0 Å². The van der Waals surface area contributed by atoms with E-state index in [0.29, 0.717) is 0 Å². The Hall–Kier alpha value is -1.45. The molecule has 4 heterocycles. The average Bonchev–Trinajstić information content (AvgIpc) is 3.43. The summed E-state index contributed by atoms with van der Waals surface area (Å²) >= 11 is 0. The molecule has 0 aromatic heterocycles. The van der Waals surface area contributed by atoms with Gasteiger partial charge in [-0.2, -0.15) is 0 Å². The molecule has 0 aromatic carbocycles. The standard InChI is InChI=1S/C29H54N6O19/c30-2-7-13(37)15(39)10(34)26(48-7)51-21-6(33)1-5(32)12(36)23(21)53-29-20(44)22(52-27-11(35)16(40)14(38)8(3-31)49-27)9(50-29)4-47-28-19(43)17(41)18(42)24(54-28)25(45)46/h5-24,26-29,36-44H,1-4,30-35H2,(H,45,46)/t5-,6+,7-,8+,9-,10-,11-,12+,13-,14-,15-,16-,17?,18?,19?,20-,21-,22-,23-,24?,26-,27-,28?,29+/m1/s1. The van der Waals surface area contributed by atoms with Crippen molar-refractivity contribution in [2.45, 2.75) is 153 Å². The highest BCUT2D eigenvalue weighted by molar-refractivity contribution is 5.73. The summed E-state index contributed by atoms with van der Waals surface area (Å²) in [6.45, 7) is -1.21. The van der Waals surface area contributed by atoms with Gasteiger partial charge in [0.25, 0.3) is 0 Å². The van der Waals surface area contributed by atoms with Gasteiger partial charge >= 0.3 is 5.97 Å². The van der Waals surface area contributed by atoms with E-state index < -0.39 is 160 Å². The summed E-state index contributed by atoms with van der Waals surface area (Å²) in [6, 6.07) is -4.70. The lowest BCUT2D eigenvalue weighted by Crippen LogP contribution is -2.68. The SMILES string of the molecule is NC[C@@H]1O[C@H](O[C@H]2[C@@H](O)[C@H](O[C@@H]3[C@@H](O)[C@H](N)C[C@H](N)[C@H]3O[C@H]3O[C@H](CN)[C@@H](O)[C@H](O)[C@H]3N)O[C@@H]2COC2OC(C(=O)O)C(O)C(O)C2O)[C@H](N)[C@@H](O)[C@@H]1O. The predicted molar refractivity (Wildman–Crippen MR) is 172 cm³/mol. The molecule has 0 amide bonds. The number of carbonyl (C=O) groups is 1. The average molecular weight is 791 g/mol. The molecule has 25 heteroatoms. The topological polar surface area (TPSA) is 449 Å². The number of ether oxygens (including phenoxy) is 8. The Morgan fingerprint density at radius 1 is 0.519 bits per heavy atom. The Labute approximate surface area is 307 Å². The van der Waals surface area contributed by atoms with E-state index in [2.05, 4.69) is 0 Å². The molecule has 0 radical (unpaired) electrons. The van der Waals surface area contributed by atoms with Crippen LogP contribution < -0.4 is 34.4 Å². The van der Waals surface area contributed by atoms with Gasteiger partial charge in [0.2, 0.25) is 0 Å². The number of rotatable bonds is 12. The number of aliphatic hydroxyl groups is 9. The first kappa shape index (κ1) is 43.7. The number of carboxylic acids is 1. The minimum atomic E-state index is -2.02. The van der Waals surface area contributed by atoms with Crippen LogP contribution in [0.4, 0.5) is 0 Å². The predicted octanol–water partition coefficient (Wildman–Crippen LogP) is -11.0. The first-order valence-electron chi connectivity index (χ1n) is 17.4. The van der Waals surface area contributed by atoms with Gasteiger partial charge in [0.05, 0.1) is 24.8 Å². The molecule has 314 valence electrons. The van der Waals surface area contributed by atoms with E-state index in [1.807, 2.05) is 0 Å². The second kappa shape index (κ2) is 18.0. The van der Waals surface area contributed by atoms with Crippen molar-refractivity contribution in [3.8, 4) is 0 Å². The molecule has 4 aliphatic heterocycles. The number of hydrogen-bond donors (Lipinski definition) is 16. The number of aliphatic hydroxyl groups excluding tert-OH is 9. The normalized spacial score (nSPS) is 53.0. The van der Waals surface area contributed by atoms with Crippen molar-refractivity contribution < 1.29 is 93.8 Å². The fourth-order valence-electron chi connectivity index (χ4n) is 7.11. The molecule has 24 atom stereocenters. The van der Waals surface area contributed by atoms with Crippen LogP contribution in [0.3, 0.4) is 0 Å². The summed E-state index contributed by atoms with van der Waals surface area (Å²) in [5, 5.41) is 105. The van der Waals surface area contributed by atoms with E-state index in [-0.39, 0.29) is 19.5 Å². The Balaban J connectivity index is 1.38. The van der Waals surface area contributed by atoms with Gasteiger partial charge in [-0.05, 0) is 6.42 Å². The highest BCUT2D eigenvalue weighted by Gasteiger charge is 2.55. The maximum Gasteiger partial charge on any atom is 0.335 e. The van der Waals surface area contributed by atoms with Crippen molar-refractivity contribution in [3.63, 3.8) is 0 Å². The molecule has 0 spiro atoms. The molecule has 4 saturated heterocycles. The lowest BCUT2D eigenvalue weighted by Gasteiger charge is -2.47. The second-order valence-electron chi connectivity index (χ2n) is 14.1. The fraction of sp³-hybridized carbons (Fsp3) is 0.966. The van der Waals surface area contributed by atoms with Crippen LogP contribution in [0.1, 0.15) is 6.42 Å².